The predicted molar refractivity (Wildman–Crippen MR) is 132 cm³/mol. The molecule has 1 fully saturated rings. The number of aryl methyl sites for hydroxylation is 1. The normalized spacial score (nSPS) is 26.6. The fourth-order valence-electron chi connectivity index (χ4n) is 6.34. The molecule has 2 N–H and O–H groups in total. The van der Waals surface area contributed by atoms with Gasteiger partial charge in [-0.1, -0.05) is 44.2 Å². The maximum absolute atomic E-state index is 13.9. The largest absolute Gasteiger partial charge is 0.497 e. The minimum atomic E-state index is -0.718. The van der Waals surface area contributed by atoms with Gasteiger partial charge in [-0.25, -0.2) is 0 Å². The van der Waals surface area contributed by atoms with Gasteiger partial charge in [-0.3, -0.25) is 14.4 Å². The van der Waals surface area contributed by atoms with Crippen LogP contribution in [-0.4, -0.2) is 42.3 Å². The van der Waals surface area contributed by atoms with Gasteiger partial charge in [0, 0.05) is 6.42 Å². The predicted octanol–water partition coefficient (Wildman–Crippen LogP) is 3.23. The standard InChI is InChI=1S/C28H33N3O4/c1-28(2)15-24-21-14-19(35-3)12-11-18(21)13-23(29-16-32)27(34)31(24)25(28)26(33)30-22-10-6-8-17-7-4-5-9-20(17)22/h4-5,7,9,11-12,14,16,22-25H,6,8,10,13,15H2,1-3H3,(H,29,32)(H,30,33). The highest BCUT2D eigenvalue weighted by atomic mass is 16.5. The highest BCUT2D eigenvalue weighted by molar-refractivity contribution is 5.93. The number of amides is 3. The molecule has 0 aromatic heterocycles. The molecule has 1 saturated heterocycles. The fourth-order valence-corrected chi connectivity index (χ4v) is 6.34. The van der Waals surface area contributed by atoms with Crippen molar-refractivity contribution in [3.8, 4) is 5.75 Å². The molecule has 0 saturated carbocycles. The fraction of sp³-hybridized carbons (Fsp3) is 0.464. The number of hydrogen-bond donors (Lipinski definition) is 2. The first-order valence-corrected chi connectivity index (χ1v) is 12.4. The van der Waals surface area contributed by atoms with Crippen LogP contribution < -0.4 is 15.4 Å². The lowest BCUT2D eigenvalue weighted by molar-refractivity contribution is -0.144. The third-order valence-corrected chi connectivity index (χ3v) is 7.97. The van der Waals surface area contributed by atoms with Crippen LogP contribution in [0.15, 0.2) is 42.5 Å². The van der Waals surface area contributed by atoms with Crippen molar-refractivity contribution in [2.45, 2.75) is 70.1 Å². The number of rotatable bonds is 5. The van der Waals surface area contributed by atoms with Gasteiger partial charge in [-0.2, -0.15) is 0 Å². The molecule has 1 aliphatic carbocycles. The summed E-state index contributed by atoms with van der Waals surface area (Å²) in [4.78, 5) is 40.9. The zero-order valence-corrected chi connectivity index (χ0v) is 20.5. The van der Waals surface area contributed by atoms with Crippen molar-refractivity contribution in [3.05, 3.63) is 64.7 Å². The van der Waals surface area contributed by atoms with Crippen molar-refractivity contribution < 1.29 is 19.1 Å². The van der Waals surface area contributed by atoms with Gasteiger partial charge in [-0.15, -0.1) is 0 Å². The van der Waals surface area contributed by atoms with Crippen LogP contribution in [0.4, 0.5) is 0 Å². The molecular formula is C28H33N3O4. The van der Waals surface area contributed by atoms with E-state index >= 15 is 0 Å². The highest BCUT2D eigenvalue weighted by Crippen LogP contribution is 2.50. The molecule has 5 rings (SSSR count). The van der Waals surface area contributed by atoms with Crippen LogP contribution in [0.5, 0.6) is 5.75 Å². The van der Waals surface area contributed by atoms with Crippen LogP contribution in [0.3, 0.4) is 0 Å². The number of nitrogens with one attached hydrogen (secondary N) is 2. The van der Waals surface area contributed by atoms with E-state index in [0.717, 1.165) is 36.0 Å². The molecule has 7 heteroatoms. The van der Waals surface area contributed by atoms with Crippen LogP contribution in [0.1, 0.15) is 67.4 Å². The molecular weight excluding hydrogens is 442 g/mol. The van der Waals surface area contributed by atoms with Gasteiger partial charge in [0.2, 0.25) is 18.2 Å². The number of benzene rings is 2. The SMILES string of the molecule is COc1ccc2c(c1)C1CC(C)(C)C(C(=O)NC3CCCc4ccccc43)N1C(=O)C(NC=O)C2. The number of carbonyl (C=O) groups is 3. The van der Waals surface area contributed by atoms with Crippen molar-refractivity contribution in [1.82, 2.24) is 15.5 Å². The topological polar surface area (TPSA) is 87.7 Å². The van der Waals surface area contributed by atoms with E-state index in [9.17, 15) is 14.4 Å². The zero-order valence-electron chi connectivity index (χ0n) is 20.5. The maximum atomic E-state index is 13.9. The Balaban J connectivity index is 1.52. The molecule has 2 aromatic carbocycles. The second kappa shape index (κ2) is 9.02. The molecule has 7 nitrogen and oxygen atoms in total. The van der Waals surface area contributed by atoms with Crippen LogP contribution in [-0.2, 0) is 27.2 Å². The van der Waals surface area contributed by atoms with Gasteiger partial charge < -0.3 is 20.3 Å². The molecule has 0 radical (unpaired) electrons. The third kappa shape index (κ3) is 4.07. The number of ether oxygens (including phenoxy) is 1. The summed E-state index contributed by atoms with van der Waals surface area (Å²) < 4.78 is 5.48. The third-order valence-electron chi connectivity index (χ3n) is 7.97. The summed E-state index contributed by atoms with van der Waals surface area (Å²) in [5.41, 5.74) is 3.96. The summed E-state index contributed by atoms with van der Waals surface area (Å²) in [6.07, 6.45) is 4.51. The second-order valence-electron chi connectivity index (χ2n) is 10.6. The Kier molecular flexibility index (Phi) is 6.03. The van der Waals surface area contributed by atoms with E-state index in [2.05, 4.69) is 36.6 Å². The lowest BCUT2D eigenvalue weighted by atomic mass is 9.81. The first-order chi connectivity index (χ1) is 16.8. The smallest absolute Gasteiger partial charge is 0.246 e. The van der Waals surface area contributed by atoms with Crippen molar-refractivity contribution in [2.75, 3.05) is 7.11 Å². The second-order valence-corrected chi connectivity index (χ2v) is 10.6. The number of hydrogen-bond acceptors (Lipinski definition) is 4. The summed E-state index contributed by atoms with van der Waals surface area (Å²) >= 11 is 0. The molecule has 35 heavy (non-hydrogen) atoms. The van der Waals surface area contributed by atoms with Crippen LogP contribution in [0, 0.1) is 5.41 Å². The molecule has 0 bridgehead atoms. The molecule has 3 aliphatic rings. The number of carbonyl (C=O) groups excluding carboxylic acids is 3. The summed E-state index contributed by atoms with van der Waals surface area (Å²) in [5.74, 6) is 0.359. The molecule has 2 aliphatic heterocycles. The average molecular weight is 476 g/mol. The van der Waals surface area contributed by atoms with Crippen LogP contribution in [0.2, 0.25) is 0 Å². The van der Waals surface area contributed by atoms with Crippen molar-refractivity contribution >= 4 is 18.2 Å². The summed E-state index contributed by atoms with van der Waals surface area (Å²) in [5, 5.41) is 6.00. The summed E-state index contributed by atoms with van der Waals surface area (Å²) in [6, 6.07) is 12.4. The van der Waals surface area contributed by atoms with Gasteiger partial charge >= 0.3 is 0 Å². The monoisotopic (exact) mass is 475 g/mol. The molecule has 4 unspecified atom stereocenters. The van der Waals surface area contributed by atoms with E-state index in [4.69, 9.17) is 4.74 Å². The molecule has 2 aromatic rings. The first-order valence-electron chi connectivity index (χ1n) is 12.4. The van der Waals surface area contributed by atoms with Crippen molar-refractivity contribution in [2.24, 2.45) is 5.41 Å². The summed E-state index contributed by atoms with van der Waals surface area (Å²) in [7, 11) is 1.62. The zero-order chi connectivity index (χ0) is 24.7. The van der Waals surface area contributed by atoms with Gasteiger partial charge in [0.1, 0.15) is 17.8 Å². The Hall–Kier alpha value is -3.35. The Morgan fingerprint density at radius 2 is 1.91 bits per heavy atom. The van der Waals surface area contributed by atoms with E-state index in [1.807, 2.05) is 30.3 Å². The lowest BCUT2D eigenvalue weighted by Crippen LogP contribution is -2.56. The van der Waals surface area contributed by atoms with E-state index in [-0.39, 0.29) is 23.9 Å². The number of methoxy groups -OCH3 is 1. The molecule has 3 amide bonds. The van der Waals surface area contributed by atoms with Gasteiger partial charge in [-0.05, 0) is 65.5 Å². The van der Waals surface area contributed by atoms with Gasteiger partial charge in [0.05, 0.1) is 19.2 Å². The van der Waals surface area contributed by atoms with E-state index < -0.39 is 17.5 Å². The maximum Gasteiger partial charge on any atom is 0.246 e. The molecule has 184 valence electrons. The van der Waals surface area contributed by atoms with E-state index in [1.165, 1.54) is 5.56 Å². The van der Waals surface area contributed by atoms with Crippen molar-refractivity contribution in [3.63, 3.8) is 0 Å². The Labute approximate surface area is 206 Å². The minimum absolute atomic E-state index is 0.0688. The quantitative estimate of drug-likeness (QED) is 0.650. The van der Waals surface area contributed by atoms with Crippen LogP contribution >= 0.6 is 0 Å². The molecule has 4 atom stereocenters. The average Bonchev–Trinajstić information content (AvgIpc) is 3.09. The highest BCUT2D eigenvalue weighted by Gasteiger charge is 2.55. The van der Waals surface area contributed by atoms with Crippen LogP contribution in [0.25, 0.3) is 0 Å². The number of nitrogens with zero attached hydrogens (tertiary/aromatic N) is 1. The number of fused-ring (bicyclic) bond motifs is 4. The van der Waals surface area contributed by atoms with E-state index in [0.29, 0.717) is 25.0 Å². The Bertz CT molecular complexity index is 1160. The van der Waals surface area contributed by atoms with Gasteiger partial charge in [0.25, 0.3) is 0 Å². The minimum Gasteiger partial charge on any atom is -0.497 e. The Morgan fingerprint density at radius 1 is 1.11 bits per heavy atom. The van der Waals surface area contributed by atoms with Gasteiger partial charge in [0.15, 0.2) is 0 Å². The van der Waals surface area contributed by atoms with E-state index in [1.54, 1.807) is 12.0 Å². The lowest BCUT2D eigenvalue weighted by Gasteiger charge is -2.36. The Morgan fingerprint density at radius 3 is 2.69 bits per heavy atom. The van der Waals surface area contributed by atoms with Crippen molar-refractivity contribution in [1.29, 1.82) is 0 Å². The molecule has 2 heterocycles. The first kappa shape index (κ1) is 23.4. The summed E-state index contributed by atoms with van der Waals surface area (Å²) in [6.45, 7) is 4.10. The molecule has 0 spiro atoms.